The Hall–Kier alpha value is -1.03. The number of ether oxygens (including phenoxy) is 1. The predicted molar refractivity (Wildman–Crippen MR) is 85.6 cm³/mol. The van der Waals surface area contributed by atoms with E-state index in [0.29, 0.717) is 17.4 Å². The third-order valence-corrected chi connectivity index (χ3v) is 3.98. The fourth-order valence-electron chi connectivity index (χ4n) is 2.04. The highest BCUT2D eigenvalue weighted by Crippen LogP contribution is 2.33. The van der Waals surface area contributed by atoms with E-state index in [4.69, 9.17) is 16.3 Å². The van der Waals surface area contributed by atoms with Gasteiger partial charge in [-0.05, 0) is 49.2 Å². The molecule has 0 spiro atoms. The largest absolute Gasteiger partial charge is 0.493 e. The number of rotatable bonds is 4. The maximum absolute atomic E-state index is 10.6. The minimum atomic E-state index is -0.745. The molecule has 0 fully saturated rings. The predicted octanol–water partition coefficient (Wildman–Crippen LogP) is 4.89. The Balaban J connectivity index is 2.43. The minimum Gasteiger partial charge on any atom is -0.493 e. The van der Waals surface area contributed by atoms with Crippen molar-refractivity contribution in [3.05, 3.63) is 62.6 Å². The van der Waals surface area contributed by atoms with Gasteiger partial charge in [-0.3, -0.25) is 0 Å². The number of aliphatic hydroxyl groups excluding tert-OH is 1. The lowest BCUT2D eigenvalue weighted by atomic mass is 9.99. The average molecular weight is 356 g/mol. The first-order valence-electron chi connectivity index (χ1n) is 6.39. The van der Waals surface area contributed by atoms with Crippen molar-refractivity contribution in [3.63, 3.8) is 0 Å². The molecule has 1 unspecified atom stereocenters. The molecular formula is C16H16BrClO2. The van der Waals surface area contributed by atoms with E-state index in [-0.39, 0.29) is 0 Å². The molecule has 1 N–H and O–H groups in total. The summed E-state index contributed by atoms with van der Waals surface area (Å²) < 4.78 is 6.49. The molecule has 0 saturated heterocycles. The van der Waals surface area contributed by atoms with Gasteiger partial charge in [0, 0.05) is 15.1 Å². The molecular weight excluding hydrogens is 340 g/mol. The Morgan fingerprint density at radius 2 is 2.00 bits per heavy atom. The van der Waals surface area contributed by atoms with Crippen molar-refractivity contribution in [1.29, 1.82) is 0 Å². The SMILES string of the molecule is CCOc1ccc(Br)cc1C(O)c1ccc(Cl)c(C)c1. The Bertz CT molecular complexity index is 613. The second-order valence-corrected chi connectivity index (χ2v) is 5.85. The molecule has 2 nitrogen and oxygen atoms in total. The van der Waals surface area contributed by atoms with Gasteiger partial charge in [0.2, 0.25) is 0 Å². The molecule has 0 aromatic heterocycles. The van der Waals surface area contributed by atoms with E-state index in [2.05, 4.69) is 15.9 Å². The molecule has 4 heteroatoms. The maximum Gasteiger partial charge on any atom is 0.125 e. The fourth-order valence-corrected chi connectivity index (χ4v) is 2.53. The van der Waals surface area contributed by atoms with Crippen molar-refractivity contribution in [2.75, 3.05) is 6.61 Å². The van der Waals surface area contributed by atoms with Gasteiger partial charge in [-0.15, -0.1) is 0 Å². The summed E-state index contributed by atoms with van der Waals surface area (Å²) in [6, 6.07) is 11.1. The smallest absolute Gasteiger partial charge is 0.125 e. The molecule has 0 aliphatic heterocycles. The third kappa shape index (κ3) is 3.35. The molecule has 106 valence electrons. The van der Waals surface area contributed by atoms with Gasteiger partial charge < -0.3 is 9.84 Å². The van der Waals surface area contributed by atoms with Gasteiger partial charge in [0.05, 0.1) is 6.61 Å². The van der Waals surface area contributed by atoms with E-state index in [1.807, 2.05) is 44.2 Å². The van der Waals surface area contributed by atoms with Crippen LogP contribution in [-0.2, 0) is 0 Å². The molecule has 2 rings (SSSR count). The van der Waals surface area contributed by atoms with Gasteiger partial charge in [0.15, 0.2) is 0 Å². The third-order valence-electron chi connectivity index (χ3n) is 3.06. The lowest BCUT2D eigenvalue weighted by Gasteiger charge is -2.17. The van der Waals surface area contributed by atoms with Crippen LogP contribution in [0.1, 0.15) is 29.7 Å². The summed E-state index contributed by atoms with van der Waals surface area (Å²) in [5.74, 6) is 0.691. The van der Waals surface area contributed by atoms with Crippen LogP contribution >= 0.6 is 27.5 Å². The lowest BCUT2D eigenvalue weighted by Crippen LogP contribution is -2.04. The van der Waals surface area contributed by atoms with E-state index in [0.717, 1.165) is 21.2 Å². The van der Waals surface area contributed by atoms with Crippen LogP contribution < -0.4 is 4.74 Å². The second kappa shape index (κ2) is 6.61. The summed E-state index contributed by atoms with van der Waals surface area (Å²) in [5, 5.41) is 11.3. The summed E-state index contributed by atoms with van der Waals surface area (Å²) in [5.41, 5.74) is 2.48. The summed E-state index contributed by atoms with van der Waals surface area (Å²) in [6.07, 6.45) is -0.745. The van der Waals surface area contributed by atoms with Crippen molar-refractivity contribution in [3.8, 4) is 5.75 Å². The summed E-state index contributed by atoms with van der Waals surface area (Å²) in [6.45, 7) is 4.40. The van der Waals surface area contributed by atoms with E-state index >= 15 is 0 Å². The van der Waals surface area contributed by atoms with E-state index in [1.165, 1.54) is 0 Å². The van der Waals surface area contributed by atoms with Gasteiger partial charge in [-0.25, -0.2) is 0 Å². The first-order valence-corrected chi connectivity index (χ1v) is 7.56. The number of aliphatic hydroxyl groups is 1. The Morgan fingerprint density at radius 1 is 1.25 bits per heavy atom. The highest BCUT2D eigenvalue weighted by atomic mass is 79.9. The van der Waals surface area contributed by atoms with E-state index in [1.54, 1.807) is 6.07 Å². The molecule has 2 aromatic rings. The van der Waals surface area contributed by atoms with Crippen LogP contribution in [-0.4, -0.2) is 11.7 Å². The molecule has 2 aromatic carbocycles. The Kier molecular flexibility index (Phi) is 5.08. The highest BCUT2D eigenvalue weighted by molar-refractivity contribution is 9.10. The Morgan fingerprint density at radius 3 is 2.65 bits per heavy atom. The minimum absolute atomic E-state index is 0.557. The zero-order valence-corrected chi connectivity index (χ0v) is 13.7. The second-order valence-electron chi connectivity index (χ2n) is 4.53. The molecule has 0 saturated carbocycles. The molecule has 1 atom stereocenters. The molecule has 0 aliphatic rings. The van der Waals surface area contributed by atoms with Crippen molar-refractivity contribution in [1.82, 2.24) is 0 Å². The van der Waals surface area contributed by atoms with Gasteiger partial charge >= 0.3 is 0 Å². The van der Waals surface area contributed by atoms with Crippen LogP contribution in [0.5, 0.6) is 5.75 Å². The number of hydrogen-bond donors (Lipinski definition) is 1. The molecule has 0 radical (unpaired) electrons. The van der Waals surface area contributed by atoms with Gasteiger partial charge in [-0.2, -0.15) is 0 Å². The number of aryl methyl sites for hydroxylation is 1. The standard InChI is InChI=1S/C16H16BrClO2/c1-3-20-15-7-5-12(17)9-13(15)16(19)11-4-6-14(18)10(2)8-11/h4-9,16,19H,3H2,1-2H3. The monoisotopic (exact) mass is 354 g/mol. The van der Waals surface area contributed by atoms with Crippen LogP contribution in [0.4, 0.5) is 0 Å². The normalized spacial score (nSPS) is 12.2. The molecule has 0 heterocycles. The van der Waals surface area contributed by atoms with Crippen LogP contribution in [0.2, 0.25) is 5.02 Å². The molecule has 0 aliphatic carbocycles. The van der Waals surface area contributed by atoms with E-state index in [9.17, 15) is 5.11 Å². The molecule has 20 heavy (non-hydrogen) atoms. The first kappa shape index (κ1) is 15.4. The van der Waals surface area contributed by atoms with Gasteiger partial charge in [-0.1, -0.05) is 39.7 Å². The van der Waals surface area contributed by atoms with Crippen LogP contribution in [0, 0.1) is 6.92 Å². The van der Waals surface area contributed by atoms with Crippen molar-refractivity contribution in [2.45, 2.75) is 20.0 Å². The van der Waals surface area contributed by atoms with Crippen LogP contribution in [0.25, 0.3) is 0 Å². The Labute approximate surface area is 132 Å². The number of benzene rings is 2. The maximum atomic E-state index is 10.6. The quantitative estimate of drug-likeness (QED) is 0.846. The molecule has 0 bridgehead atoms. The summed E-state index contributed by atoms with van der Waals surface area (Å²) >= 11 is 9.45. The molecule has 0 amide bonds. The lowest BCUT2D eigenvalue weighted by molar-refractivity contribution is 0.212. The zero-order chi connectivity index (χ0) is 14.7. The van der Waals surface area contributed by atoms with Crippen LogP contribution in [0.15, 0.2) is 40.9 Å². The van der Waals surface area contributed by atoms with Crippen molar-refractivity contribution in [2.24, 2.45) is 0 Å². The fraction of sp³-hybridized carbons (Fsp3) is 0.250. The van der Waals surface area contributed by atoms with Gasteiger partial charge in [0.25, 0.3) is 0 Å². The zero-order valence-electron chi connectivity index (χ0n) is 11.4. The first-order chi connectivity index (χ1) is 9.52. The summed E-state index contributed by atoms with van der Waals surface area (Å²) in [7, 11) is 0. The van der Waals surface area contributed by atoms with Gasteiger partial charge in [0.1, 0.15) is 11.9 Å². The highest BCUT2D eigenvalue weighted by Gasteiger charge is 2.16. The van der Waals surface area contributed by atoms with Crippen molar-refractivity contribution >= 4 is 27.5 Å². The summed E-state index contributed by atoms with van der Waals surface area (Å²) in [4.78, 5) is 0. The average Bonchev–Trinajstić information content (AvgIpc) is 2.43. The van der Waals surface area contributed by atoms with Crippen molar-refractivity contribution < 1.29 is 9.84 Å². The van der Waals surface area contributed by atoms with E-state index < -0.39 is 6.10 Å². The van der Waals surface area contributed by atoms with Crippen LogP contribution in [0.3, 0.4) is 0 Å². The number of hydrogen-bond acceptors (Lipinski definition) is 2. The number of halogens is 2. The topological polar surface area (TPSA) is 29.5 Å².